The number of para-hydroxylation sites is 2. The van der Waals surface area contributed by atoms with Gasteiger partial charge in [-0.05, 0) is 36.0 Å². The van der Waals surface area contributed by atoms with Gasteiger partial charge in [-0.25, -0.2) is 0 Å². The maximum Gasteiger partial charge on any atom is 0.138 e. The summed E-state index contributed by atoms with van der Waals surface area (Å²) < 4.78 is 6.26. The molecule has 1 heterocycles. The monoisotopic (exact) mass is 351 g/mol. The number of hydrogen-bond donors (Lipinski definition) is 1. The minimum atomic E-state index is 0.605. The van der Waals surface area contributed by atoms with E-state index in [-0.39, 0.29) is 0 Å². The minimum Gasteiger partial charge on any atom is -0.455 e. The second-order valence-corrected chi connectivity index (χ2v) is 6.09. The van der Waals surface area contributed by atoms with Gasteiger partial charge in [0.15, 0.2) is 0 Å². The molecule has 0 aliphatic rings. The van der Waals surface area contributed by atoms with E-state index in [9.17, 15) is 0 Å². The van der Waals surface area contributed by atoms with Crippen molar-refractivity contribution in [1.29, 1.82) is 5.41 Å². The van der Waals surface area contributed by atoms with Crippen molar-refractivity contribution in [3.63, 3.8) is 0 Å². The van der Waals surface area contributed by atoms with Gasteiger partial charge < -0.3 is 9.83 Å². The molecular formula is C24H33NO. The van der Waals surface area contributed by atoms with Crippen molar-refractivity contribution >= 4 is 28.2 Å². The number of rotatable bonds is 5. The Bertz CT molecular complexity index is 840. The lowest BCUT2D eigenvalue weighted by molar-refractivity contribution is 0.622. The molecule has 26 heavy (non-hydrogen) atoms. The van der Waals surface area contributed by atoms with E-state index in [0.717, 1.165) is 24.0 Å². The summed E-state index contributed by atoms with van der Waals surface area (Å²) in [6.45, 7) is 12.5. The van der Waals surface area contributed by atoms with E-state index in [4.69, 9.17) is 9.83 Å². The molecule has 0 radical (unpaired) electrons. The van der Waals surface area contributed by atoms with Crippen molar-refractivity contribution in [3.8, 4) is 0 Å². The van der Waals surface area contributed by atoms with Crippen LogP contribution in [-0.4, -0.2) is 6.21 Å². The molecule has 140 valence electrons. The third-order valence-electron chi connectivity index (χ3n) is 3.89. The Labute approximate surface area is 158 Å². The van der Waals surface area contributed by atoms with Crippen LogP contribution in [0.2, 0.25) is 0 Å². The van der Waals surface area contributed by atoms with Gasteiger partial charge in [-0.1, -0.05) is 84.0 Å². The van der Waals surface area contributed by atoms with E-state index in [2.05, 4.69) is 50.2 Å². The summed E-state index contributed by atoms with van der Waals surface area (Å²) in [6, 6.07) is 12.7. The highest BCUT2D eigenvalue weighted by molar-refractivity contribution is 6.06. The van der Waals surface area contributed by atoms with Crippen LogP contribution >= 0.6 is 0 Å². The van der Waals surface area contributed by atoms with E-state index in [0.29, 0.717) is 5.92 Å². The SMILES string of the molecule is CC.CC.CC(C)Cc1cccc2c1oc1c(C/C=C\C=N)cccc12. The molecule has 0 unspecified atom stereocenters. The normalized spacial score (nSPS) is 10.6. The largest absolute Gasteiger partial charge is 0.455 e. The van der Waals surface area contributed by atoms with Gasteiger partial charge in [0.25, 0.3) is 0 Å². The van der Waals surface area contributed by atoms with Gasteiger partial charge in [0, 0.05) is 17.0 Å². The molecule has 0 fully saturated rings. The quantitative estimate of drug-likeness (QED) is 0.472. The van der Waals surface area contributed by atoms with Crippen LogP contribution in [0.5, 0.6) is 0 Å². The number of hydrogen-bond acceptors (Lipinski definition) is 2. The molecule has 0 saturated heterocycles. The molecule has 3 rings (SSSR count). The molecule has 2 heteroatoms. The standard InChI is InChI=1S/C20H21NO.2C2H6/c1-14(2)13-16-9-6-11-18-17-10-5-8-15(7-3-4-12-21)19(17)22-20(16)18;2*1-2/h3-6,8-12,14,21H,7,13H2,1-2H3;2*1-2H3/b4-3-,21-12?;;. The molecular weight excluding hydrogens is 318 g/mol. The summed E-state index contributed by atoms with van der Waals surface area (Å²) in [6.07, 6.45) is 6.86. The lowest BCUT2D eigenvalue weighted by atomic mass is 10.00. The van der Waals surface area contributed by atoms with Crippen LogP contribution in [0.1, 0.15) is 52.7 Å². The summed E-state index contributed by atoms with van der Waals surface area (Å²) in [4.78, 5) is 0. The van der Waals surface area contributed by atoms with Crippen molar-refractivity contribution in [1.82, 2.24) is 0 Å². The predicted molar refractivity (Wildman–Crippen MR) is 117 cm³/mol. The molecule has 0 atom stereocenters. The summed E-state index contributed by atoms with van der Waals surface area (Å²) in [5.74, 6) is 0.605. The average Bonchev–Trinajstić information content (AvgIpc) is 3.06. The first-order valence-electron chi connectivity index (χ1n) is 9.78. The lowest BCUT2D eigenvalue weighted by Crippen LogP contribution is -1.93. The zero-order chi connectivity index (χ0) is 19.5. The van der Waals surface area contributed by atoms with Crippen LogP contribution < -0.4 is 0 Å². The van der Waals surface area contributed by atoms with Gasteiger partial charge in [-0.2, -0.15) is 0 Å². The summed E-state index contributed by atoms with van der Waals surface area (Å²) in [5.41, 5.74) is 4.45. The minimum absolute atomic E-state index is 0.605. The summed E-state index contributed by atoms with van der Waals surface area (Å²) in [5, 5.41) is 9.46. The second-order valence-electron chi connectivity index (χ2n) is 6.09. The smallest absolute Gasteiger partial charge is 0.138 e. The average molecular weight is 352 g/mol. The first-order chi connectivity index (χ1) is 12.7. The Morgan fingerprint density at radius 2 is 1.42 bits per heavy atom. The van der Waals surface area contributed by atoms with Gasteiger partial charge in [0.1, 0.15) is 11.2 Å². The topological polar surface area (TPSA) is 37.0 Å². The van der Waals surface area contributed by atoms with E-state index >= 15 is 0 Å². The number of allylic oxidation sites excluding steroid dienone is 2. The van der Waals surface area contributed by atoms with E-state index < -0.39 is 0 Å². The highest BCUT2D eigenvalue weighted by Crippen LogP contribution is 2.33. The van der Waals surface area contributed by atoms with Crippen molar-refractivity contribution < 1.29 is 4.42 Å². The molecule has 2 aromatic carbocycles. The fourth-order valence-electron chi connectivity index (χ4n) is 2.96. The van der Waals surface area contributed by atoms with Crippen molar-refractivity contribution in [2.24, 2.45) is 5.92 Å². The van der Waals surface area contributed by atoms with Crippen LogP contribution in [-0.2, 0) is 12.8 Å². The van der Waals surface area contributed by atoms with Gasteiger partial charge in [0.05, 0.1) is 0 Å². The molecule has 0 bridgehead atoms. The van der Waals surface area contributed by atoms with Gasteiger partial charge in [-0.15, -0.1) is 0 Å². The molecule has 0 amide bonds. The number of fused-ring (bicyclic) bond motifs is 3. The molecule has 3 aromatic rings. The Balaban J connectivity index is 0.000000791. The lowest BCUT2D eigenvalue weighted by Gasteiger charge is -2.04. The highest BCUT2D eigenvalue weighted by Gasteiger charge is 2.13. The molecule has 0 saturated carbocycles. The summed E-state index contributed by atoms with van der Waals surface area (Å²) in [7, 11) is 0. The Morgan fingerprint density at radius 1 is 0.885 bits per heavy atom. The fourth-order valence-corrected chi connectivity index (χ4v) is 2.96. The number of benzene rings is 2. The van der Waals surface area contributed by atoms with E-state index in [1.807, 2.05) is 33.8 Å². The molecule has 2 nitrogen and oxygen atoms in total. The Kier molecular flexibility index (Phi) is 9.43. The number of nitrogens with one attached hydrogen (secondary N) is 1. The zero-order valence-corrected chi connectivity index (χ0v) is 17.1. The van der Waals surface area contributed by atoms with Gasteiger partial charge in [0.2, 0.25) is 0 Å². The van der Waals surface area contributed by atoms with Crippen molar-refractivity contribution in [3.05, 3.63) is 59.7 Å². The first kappa shape index (κ1) is 21.7. The summed E-state index contributed by atoms with van der Waals surface area (Å²) >= 11 is 0. The van der Waals surface area contributed by atoms with Gasteiger partial charge >= 0.3 is 0 Å². The Morgan fingerprint density at radius 3 is 1.96 bits per heavy atom. The maximum atomic E-state index is 7.08. The van der Waals surface area contributed by atoms with E-state index in [1.165, 1.54) is 28.1 Å². The van der Waals surface area contributed by atoms with Crippen LogP contribution in [0.3, 0.4) is 0 Å². The highest BCUT2D eigenvalue weighted by atomic mass is 16.3. The zero-order valence-electron chi connectivity index (χ0n) is 17.1. The van der Waals surface area contributed by atoms with Crippen LogP contribution in [0.15, 0.2) is 53.0 Å². The fraction of sp³-hybridized carbons (Fsp3) is 0.375. The molecule has 0 aliphatic carbocycles. The van der Waals surface area contributed by atoms with E-state index in [1.54, 1.807) is 6.08 Å². The Hall–Kier alpha value is -2.35. The van der Waals surface area contributed by atoms with Crippen molar-refractivity contribution in [2.75, 3.05) is 0 Å². The predicted octanol–water partition coefficient (Wildman–Crippen LogP) is 7.59. The van der Waals surface area contributed by atoms with Crippen molar-refractivity contribution in [2.45, 2.75) is 54.4 Å². The van der Waals surface area contributed by atoms with Crippen LogP contribution in [0.25, 0.3) is 21.9 Å². The maximum absolute atomic E-state index is 7.08. The van der Waals surface area contributed by atoms with Crippen LogP contribution in [0, 0.1) is 11.3 Å². The third-order valence-corrected chi connectivity index (χ3v) is 3.89. The molecule has 0 spiro atoms. The molecule has 0 aliphatic heterocycles. The van der Waals surface area contributed by atoms with Crippen LogP contribution in [0.4, 0.5) is 0 Å². The first-order valence-corrected chi connectivity index (χ1v) is 9.78. The number of furan rings is 1. The second kappa shape index (κ2) is 11.3. The third kappa shape index (κ3) is 5.08. The molecule has 1 N–H and O–H groups in total. The molecule has 1 aromatic heterocycles. The van der Waals surface area contributed by atoms with Gasteiger partial charge in [-0.3, -0.25) is 0 Å².